The zero-order valence-corrected chi connectivity index (χ0v) is 9.38. The van der Waals surface area contributed by atoms with Gasteiger partial charge in [0.1, 0.15) is 6.54 Å². The van der Waals surface area contributed by atoms with Crippen LogP contribution in [-0.4, -0.2) is 43.9 Å². The summed E-state index contributed by atoms with van der Waals surface area (Å²) in [6, 6.07) is 0.889. The van der Waals surface area contributed by atoms with Crippen molar-refractivity contribution >= 4 is 0 Å². The Balaban J connectivity index is 2.34. The summed E-state index contributed by atoms with van der Waals surface area (Å²) in [5.41, 5.74) is 0. The fourth-order valence-electron chi connectivity index (χ4n) is 2.54. The molecule has 0 aromatic heterocycles. The van der Waals surface area contributed by atoms with E-state index in [0.717, 1.165) is 19.3 Å². The first-order valence-electron chi connectivity index (χ1n) is 5.65. The van der Waals surface area contributed by atoms with E-state index in [2.05, 4.69) is 20.9 Å². The van der Waals surface area contributed by atoms with Gasteiger partial charge in [0.15, 0.2) is 0 Å². The van der Waals surface area contributed by atoms with Crippen LogP contribution in [-0.2, 0) is 4.74 Å². The summed E-state index contributed by atoms with van der Waals surface area (Å²) in [6.07, 6.45) is 4.14. The van der Waals surface area contributed by atoms with E-state index in [1.807, 2.05) is 0 Å². The molecule has 2 nitrogen and oxygen atoms in total. The molecule has 1 aliphatic heterocycles. The predicted molar refractivity (Wildman–Crippen MR) is 55.7 cm³/mol. The van der Waals surface area contributed by atoms with Crippen LogP contribution in [0.4, 0.5) is 0 Å². The van der Waals surface area contributed by atoms with Crippen molar-refractivity contribution in [1.82, 2.24) is 0 Å². The van der Waals surface area contributed by atoms with Gasteiger partial charge in [-0.3, -0.25) is 0 Å². The van der Waals surface area contributed by atoms with E-state index in [1.54, 1.807) is 0 Å². The summed E-state index contributed by atoms with van der Waals surface area (Å²) >= 11 is 0. The Morgan fingerprint density at radius 2 is 2.15 bits per heavy atom. The number of ether oxygens (including phenoxy) is 1. The fourth-order valence-corrected chi connectivity index (χ4v) is 2.54. The topological polar surface area (TPSA) is 9.23 Å². The number of hydrogen-bond acceptors (Lipinski definition) is 1. The van der Waals surface area contributed by atoms with Crippen LogP contribution in [0.1, 0.15) is 33.1 Å². The van der Waals surface area contributed by atoms with Crippen LogP contribution in [0.5, 0.6) is 0 Å². The van der Waals surface area contributed by atoms with Crippen LogP contribution in [0.2, 0.25) is 0 Å². The zero-order chi connectivity index (χ0) is 9.73. The number of nitrogens with zero attached hydrogens (tertiary/aromatic N) is 1. The standard InChI is InChI=1S/C11H24NO/c1-4-11-7-6-8-12(11,3)9-10-13-5-2/h11H,4-10H2,1-3H3/q+1/t11-,12?/m1/s1. The fraction of sp³-hybridized carbons (Fsp3) is 1.00. The molecular formula is C11H24NO+. The van der Waals surface area contributed by atoms with Gasteiger partial charge in [-0.2, -0.15) is 0 Å². The maximum absolute atomic E-state index is 5.44. The molecule has 1 saturated heterocycles. The van der Waals surface area contributed by atoms with Crippen LogP contribution in [0.25, 0.3) is 0 Å². The molecular weight excluding hydrogens is 162 g/mol. The van der Waals surface area contributed by atoms with Crippen molar-refractivity contribution in [2.45, 2.75) is 39.2 Å². The lowest BCUT2D eigenvalue weighted by Gasteiger charge is -2.35. The van der Waals surface area contributed by atoms with Gasteiger partial charge in [-0.05, 0) is 13.3 Å². The maximum Gasteiger partial charge on any atom is 0.102 e. The van der Waals surface area contributed by atoms with E-state index in [9.17, 15) is 0 Å². The maximum atomic E-state index is 5.44. The molecule has 0 amide bonds. The second-order valence-electron chi connectivity index (χ2n) is 4.33. The van der Waals surface area contributed by atoms with Crippen LogP contribution >= 0.6 is 0 Å². The highest BCUT2D eigenvalue weighted by atomic mass is 16.5. The summed E-state index contributed by atoms with van der Waals surface area (Å²) < 4.78 is 6.68. The third-order valence-corrected chi connectivity index (χ3v) is 3.51. The summed E-state index contributed by atoms with van der Waals surface area (Å²) in [7, 11) is 2.39. The number of likely N-dealkylation sites (tertiary alicyclic amines) is 1. The van der Waals surface area contributed by atoms with E-state index < -0.39 is 0 Å². The highest BCUT2D eigenvalue weighted by Crippen LogP contribution is 2.26. The van der Waals surface area contributed by atoms with Crippen molar-refractivity contribution in [3.63, 3.8) is 0 Å². The molecule has 78 valence electrons. The molecule has 2 atom stereocenters. The summed E-state index contributed by atoms with van der Waals surface area (Å²) in [6.45, 7) is 8.73. The largest absolute Gasteiger partial charge is 0.376 e. The Morgan fingerprint density at radius 1 is 1.38 bits per heavy atom. The van der Waals surface area contributed by atoms with Gasteiger partial charge in [0, 0.05) is 19.4 Å². The van der Waals surface area contributed by atoms with Crippen molar-refractivity contribution in [2.75, 3.05) is 33.4 Å². The molecule has 0 aromatic carbocycles. The Kier molecular flexibility index (Phi) is 4.20. The molecule has 1 fully saturated rings. The van der Waals surface area contributed by atoms with Gasteiger partial charge in [0.2, 0.25) is 0 Å². The van der Waals surface area contributed by atoms with Gasteiger partial charge >= 0.3 is 0 Å². The molecule has 0 radical (unpaired) electrons. The van der Waals surface area contributed by atoms with Crippen molar-refractivity contribution < 1.29 is 9.22 Å². The van der Waals surface area contributed by atoms with Gasteiger partial charge in [0.25, 0.3) is 0 Å². The highest BCUT2D eigenvalue weighted by molar-refractivity contribution is 4.65. The molecule has 1 rings (SSSR count). The van der Waals surface area contributed by atoms with Crippen molar-refractivity contribution in [3.8, 4) is 0 Å². The SMILES string of the molecule is CCOCC[N+]1(C)CCC[C@H]1CC. The van der Waals surface area contributed by atoms with E-state index in [4.69, 9.17) is 4.74 Å². The molecule has 0 saturated carbocycles. The summed E-state index contributed by atoms with van der Waals surface area (Å²) in [4.78, 5) is 0. The first-order chi connectivity index (χ1) is 6.23. The molecule has 0 spiro atoms. The molecule has 0 bridgehead atoms. The average Bonchev–Trinajstić information content (AvgIpc) is 2.47. The molecule has 13 heavy (non-hydrogen) atoms. The molecule has 1 heterocycles. The second-order valence-corrected chi connectivity index (χ2v) is 4.33. The number of hydrogen-bond donors (Lipinski definition) is 0. The first-order valence-corrected chi connectivity index (χ1v) is 5.65. The quantitative estimate of drug-likeness (QED) is 0.471. The van der Waals surface area contributed by atoms with Crippen LogP contribution in [0.3, 0.4) is 0 Å². The molecule has 2 heteroatoms. The molecule has 1 unspecified atom stereocenters. The van der Waals surface area contributed by atoms with Gasteiger partial charge in [-0.15, -0.1) is 0 Å². The number of rotatable bonds is 5. The predicted octanol–water partition coefficient (Wildman–Crippen LogP) is 2.04. The Labute approximate surface area is 82.5 Å². The minimum Gasteiger partial charge on any atom is -0.376 e. The van der Waals surface area contributed by atoms with Crippen LogP contribution in [0.15, 0.2) is 0 Å². The van der Waals surface area contributed by atoms with Crippen LogP contribution < -0.4 is 0 Å². The molecule has 1 aliphatic rings. The third kappa shape index (κ3) is 2.68. The second kappa shape index (κ2) is 4.97. The lowest BCUT2D eigenvalue weighted by Crippen LogP contribution is -2.49. The van der Waals surface area contributed by atoms with E-state index in [1.165, 1.54) is 36.8 Å². The van der Waals surface area contributed by atoms with Gasteiger partial charge < -0.3 is 9.22 Å². The van der Waals surface area contributed by atoms with Gasteiger partial charge in [-0.25, -0.2) is 0 Å². The van der Waals surface area contributed by atoms with Gasteiger partial charge in [0.05, 0.1) is 26.2 Å². The Bertz CT molecular complexity index is 149. The zero-order valence-electron chi connectivity index (χ0n) is 9.38. The number of quaternary nitrogens is 1. The van der Waals surface area contributed by atoms with E-state index >= 15 is 0 Å². The van der Waals surface area contributed by atoms with Crippen molar-refractivity contribution in [1.29, 1.82) is 0 Å². The minimum absolute atomic E-state index is 0.858. The summed E-state index contributed by atoms with van der Waals surface area (Å²) in [5.74, 6) is 0. The van der Waals surface area contributed by atoms with Crippen LogP contribution in [0, 0.1) is 0 Å². The smallest absolute Gasteiger partial charge is 0.102 e. The molecule has 0 aliphatic carbocycles. The Hall–Kier alpha value is -0.0800. The van der Waals surface area contributed by atoms with E-state index in [-0.39, 0.29) is 0 Å². The van der Waals surface area contributed by atoms with Gasteiger partial charge in [-0.1, -0.05) is 6.92 Å². The van der Waals surface area contributed by atoms with Crippen molar-refractivity contribution in [2.24, 2.45) is 0 Å². The molecule has 0 N–H and O–H groups in total. The normalized spacial score (nSPS) is 33.9. The van der Waals surface area contributed by atoms with E-state index in [0.29, 0.717) is 0 Å². The lowest BCUT2D eigenvalue weighted by atomic mass is 10.1. The summed E-state index contributed by atoms with van der Waals surface area (Å²) in [5, 5.41) is 0. The minimum atomic E-state index is 0.858. The monoisotopic (exact) mass is 186 g/mol. The average molecular weight is 186 g/mol. The first kappa shape index (κ1) is 11.0. The molecule has 0 aromatic rings. The Morgan fingerprint density at radius 3 is 2.77 bits per heavy atom. The van der Waals surface area contributed by atoms with Crippen molar-refractivity contribution in [3.05, 3.63) is 0 Å². The highest BCUT2D eigenvalue weighted by Gasteiger charge is 2.35. The third-order valence-electron chi connectivity index (χ3n) is 3.51. The number of likely N-dealkylation sites (N-methyl/N-ethyl adjacent to an activating group) is 1. The lowest BCUT2D eigenvalue weighted by molar-refractivity contribution is -0.921.